The van der Waals surface area contributed by atoms with Crippen LogP contribution in [0.1, 0.15) is 23.0 Å². The van der Waals surface area contributed by atoms with Gasteiger partial charge in [-0.1, -0.05) is 30.3 Å². The number of carbonyl (C=O) groups is 2. The molecule has 29 heavy (non-hydrogen) atoms. The summed E-state index contributed by atoms with van der Waals surface area (Å²) in [4.78, 5) is 32.3. The zero-order chi connectivity index (χ0) is 20.4. The number of para-hydroxylation sites is 1. The van der Waals surface area contributed by atoms with Crippen molar-refractivity contribution in [1.82, 2.24) is 20.6 Å². The molecule has 146 valence electrons. The Labute approximate surface area is 166 Å². The first-order valence-electron chi connectivity index (χ1n) is 9.21. The first-order valence-corrected chi connectivity index (χ1v) is 9.21. The molecule has 1 atom stereocenters. The molecule has 0 fully saturated rings. The molecule has 6 nitrogen and oxygen atoms in total. The lowest BCUT2D eigenvalue weighted by atomic mass is 10.1. The zero-order valence-corrected chi connectivity index (χ0v) is 15.7. The van der Waals surface area contributed by atoms with E-state index in [0.29, 0.717) is 0 Å². The van der Waals surface area contributed by atoms with E-state index in [1.165, 1.54) is 12.1 Å². The SMILES string of the molecule is CC(NC(=O)c1cc2c(cn1)[nH]c1ccccc12)C(=O)NCc1ccc(F)cc1. The van der Waals surface area contributed by atoms with Crippen molar-refractivity contribution in [3.8, 4) is 0 Å². The van der Waals surface area contributed by atoms with Crippen LogP contribution in [-0.4, -0.2) is 27.8 Å². The minimum atomic E-state index is -0.747. The van der Waals surface area contributed by atoms with Crippen LogP contribution in [0.2, 0.25) is 0 Å². The van der Waals surface area contributed by atoms with Gasteiger partial charge in [0.15, 0.2) is 0 Å². The van der Waals surface area contributed by atoms with E-state index in [-0.39, 0.29) is 24.0 Å². The number of hydrogen-bond acceptors (Lipinski definition) is 3. The molecule has 0 spiro atoms. The Morgan fingerprint density at radius 3 is 2.62 bits per heavy atom. The summed E-state index contributed by atoms with van der Waals surface area (Å²) in [5, 5.41) is 7.29. The van der Waals surface area contributed by atoms with Gasteiger partial charge in [0.25, 0.3) is 5.91 Å². The minimum absolute atomic E-state index is 0.237. The Morgan fingerprint density at radius 1 is 1.07 bits per heavy atom. The van der Waals surface area contributed by atoms with Crippen LogP contribution in [0.15, 0.2) is 60.8 Å². The summed E-state index contributed by atoms with van der Waals surface area (Å²) in [7, 11) is 0. The van der Waals surface area contributed by atoms with Crippen molar-refractivity contribution in [1.29, 1.82) is 0 Å². The lowest BCUT2D eigenvalue weighted by Gasteiger charge is -2.14. The van der Waals surface area contributed by atoms with Crippen molar-refractivity contribution < 1.29 is 14.0 Å². The van der Waals surface area contributed by atoms with Crippen molar-refractivity contribution in [3.63, 3.8) is 0 Å². The molecule has 0 aliphatic rings. The van der Waals surface area contributed by atoms with Gasteiger partial charge in [-0.05, 0) is 36.8 Å². The monoisotopic (exact) mass is 390 g/mol. The number of aromatic amines is 1. The number of benzene rings is 2. The van der Waals surface area contributed by atoms with Crippen molar-refractivity contribution in [2.75, 3.05) is 0 Å². The predicted octanol–water partition coefficient (Wildman–Crippen LogP) is 3.29. The van der Waals surface area contributed by atoms with Gasteiger partial charge >= 0.3 is 0 Å². The van der Waals surface area contributed by atoms with E-state index in [4.69, 9.17) is 0 Å². The second-order valence-corrected chi connectivity index (χ2v) is 6.83. The van der Waals surface area contributed by atoms with Crippen LogP contribution in [0.4, 0.5) is 4.39 Å². The van der Waals surface area contributed by atoms with Gasteiger partial charge in [-0.25, -0.2) is 9.37 Å². The highest BCUT2D eigenvalue weighted by Crippen LogP contribution is 2.24. The highest BCUT2D eigenvalue weighted by Gasteiger charge is 2.18. The van der Waals surface area contributed by atoms with Crippen molar-refractivity contribution in [3.05, 3.63) is 77.9 Å². The number of pyridine rings is 1. The highest BCUT2D eigenvalue weighted by atomic mass is 19.1. The van der Waals surface area contributed by atoms with Gasteiger partial charge in [0.1, 0.15) is 17.6 Å². The Bertz CT molecular complexity index is 1200. The molecule has 2 amide bonds. The summed E-state index contributed by atoms with van der Waals surface area (Å²) in [6.07, 6.45) is 1.61. The van der Waals surface area contributed by atoms with E-state index in [2.05, 4.69) is 20.6 Å². The summed E-state index contributed by atoms with van der Waals surface area (Å²) in [6, 6.07) is 14.6. The molecule has 0 bridgehead atoms. The highest BCUT2D eigenvalue weighted by molar-refractivity contribution is 6.09. The minimum Gasteiger partial charge on any atom is -0.353 e. The number of carbonyl (C=O) groups excluding carboxylic acids is 2. The van der Waals surface area contributed by atoms with Crippen LogP contribution >= 0.6 is 0 Å². The molecule has 0 aliphatic carbocycles. The molecule has 2 aromatic heterocycles. The maximum atomic E-state index is 12.9. The quantitative estimate of drug-likeness (QED) is 0.489. The van der Waals surface area contributed by atoms with E-state index in [1.807, 2.05) is 24.3 Å². The van der Waals surface area contributed by atoms with E-state index in [1.54, 1.807) is 31.3 Å². The third-order valence-corrected chi connectivity index (χ3v) is 4.74. The van der Waals surface area contributed by atoms with Crippen LogP contribution < -0.4 is 10.6 Å². The molecule has 0 radical (unpaired) electrons. The second-order valence-electron chi connectivity index (χ2n) is 6.83. The zero-order valence-electron chi connectivity index (χ0n) is 15.7. The predicted molar refractivity (Wildman–Crippen MR) is 109 cm³/mol. The van der Waals surface area contributed by atoms with E-state index in [0.717, 1.165) is 27.4 Å². The number of halogens is 1. The normalized spacial score (nSPS) is 12.1. The van der Waals surface area contributed by atoms with E-state index in [9.17, 15) is 14.0 Å². The summed E-state index contributed by atoms with van der Waals surface area (Å²) in [5.41, 5.74) is 2.81. The number of fused-ring (bicyclic) bond motifs is 3. The Balaban J connectivity index is 1.43. The topological polar surface area (TPSA) is 86.9 Å². The van der Waals surface area contributed by atoms with Gasteiger partial charge in [-0.15, -0.1) is 0 Å². The molecule has 0 saturated heterocycles. The Morgan fingerprint density at radius 2 is 1.83 bits per heavy atom. The van der Waals surface area contributed by atoms with Crippen molar-refractivity contribution >= 4 is 33.6 Å². The van der Waals surface area contributed by atoms with Crippen LogP contribution in [-0.2, 0) is 11.3 Å². The third-order valence-electron chi connectivity index (χ3n) is 4.74. The number of hydrogen-bond donors (Lipinski definition) is 3. The summed E-state index contributed by atoms with van der Waals surface area (Å²) in [6.45, 7) is 1.85. The molecule has 4 aromatic rings. The standard InChI is InChI=1S/C22H19FN4O2/c1-13(21(28)25-11-14-6-8-15(23)9-7-14)26-22(29)19-10-17-16-4-2-3-5-18(16)27-20(17)12-24-19/h2-10,12-13,27H,11H2,1H3,(H,25,28)(H,26,29). The smallest absolute Gasteiger partial charge is 0.270 e. The van der Waals surface area contributed by atoms with Gasteiger partial charge in [0.2, 0.25) is 5.91 Å². The van der Waals surface area contributed by atoms with Gasteiger partial charge in [-0.2, -0.15) is 0 Å². The number of nitrogens with one attached hydrogen (secondary N) is 3. The molecule has 0 aliphatic heterocycles. The van der Waals surface area contributed by atoms with E-state index >= 15 is 0 Å². The fourth-order valence-corrected chi connectivity index (χ4v) is 3.15. The summed E-state index contributed by atoms with van der Waals surface area (Å²) < 4.78 is 12.9. The molecule has 1 unspecified atom stereocenters. The Kier molecular flexibility index (Phi) is 4.95. The first-order chi connectivity index (χ1) is 14.0. The maximum absolute atomic E-state index is 12.9. The number of aromatic nitrogens is 2. The number of rotatable bonds is 5. The number of H-pyrrole nitrogens is 1. The van der Waals surface area contributed by atoms with Crippen LogP contribution in [0, 0.1) is 5.82 Å². The number of amides is 2. The molecule has 2 aromatic carbocycles. The lowest BCUT2D eigenvalue weighted by molar-refractivity contribution is -0.122. The van der Waals surface area contributed by atoms with Crippen LogP contribution in [0.3, 0.4) is 0 Å². The summed E-state index contributed by atoms with van der Waals surface area (Å²) >= 11 is 0. The molecule has 3 N–H and O–H groups in total. The Hall–Kier alpha value is -3.74. The van der Waals surface area contributed by atoms with Crippen LogP contribution in [0.5, 0.6) is 0 Å². The van der Waals surface area contributed by atoms with Gasteiger partial charge in [0.05, 0.1) is 11.7 Å². The van der Waals surface area contributed by atoms with Crippen molar-refractivity contribution in [2.24, 2.45) is 0 Å². The van der Waals surface area contributed by atoms with Gasteiger partial charge < -0.3 is 15.6 Å². The molecule has 2 heterocycles. The molecule has 7 heteroatoms. The third kappa shape index (κ3) is 3.94. The maximum Gasteiger partial charge on any atom is 0.270 e. The average Bonchev–Trinajstić information content (AvgIpc) is 3.11. The van der Waals surface area contributed by atoms with Crippen LogP contribution in [0.25, 0.3) is 21.8 Å². The fraction of sp³-hybridized carbons (Fsp3) is 0.136. The lowest BCUT2D eigenvalue weighted by Crippen LogP contribution is -2.44. The average molecular weight is 390 g/mol. The second kappa shape index (κ2) is 7.71. The van der Waals surface area contributed by atoms with E-state index < -0.39 is 11.9 Å². The largest absolute Gasteiger partial charge is 0.353 e. The van der Waals surface area contributed by atoms with Gasteiger partial charge in [-0.3, -0.25) is 9.59 Å². The molecule has 0 saturated carbocycles. The molecular formula is C22H19FN4O2. The fourth-order valence-electron chi connectivity index (χ4n) is 3.15. The van der Waals surface area contributed by atoms with Crippen molar-refractivity contribution in [2.45, 2.75) is 19.5 Å². The number of nitrogens with zero attached hydrogens (tertiary/aromatic N) is 1. The molecular weight excluding hydrogens is 371 g/mol. The van der Waals surface area contributed by atoms with Gasteiger partial charge in [0, 0.05) is 22.8 Å². The first kappa shape index (κ1) is 18.6. The summed E-state index contributed by atoms with van der Waals surface area (Å²) in [5.74, 6) is -1.10. The molecule has 4 rings (SSSR count).